The van der Waals surface area contributed by atoms with E-state index < -0.39 is 0 Å². The van der Waals surface area contributed by atoms with Crippen LogP contribution in [0.3, 0.4) is 0 Å². The molecule has 0 aliphatic rings. The number of nitrogens with two attached hydrogens (primary N) is 1. The molecule has 0 spiro atoms. The Morgan fingerprint density at radius 2 is 1.89 bits per heavy atom. The summed E-state index contributed by atoms with van der Waals surface area (Å²) >= 11 is 5.84. The molecule has 18 heavy (non-hydrogen) atoms. The summed E-state index contributed by atoms with van der Waals surface area (Å²) in [6.45, 7) is 0.581. The summed E-state index contributed by atoms with van der Waals surface area (Å²) in [5.74, 6) is 0.369. The highest BCUT2D eigenvalue weighted by Crippen LogP contribution is 2.23. The summed E-state index contributed by atoms with van der Waals surface area (Å²) in [4.78, 5) is 6.05. The minimum Gasteiger partial charge on any atom is -0.396 e. The average molecular weight is 266 g/mol. The number of nitrogen functional groups attached to an aromatic ring is 1. The van der Waals surface area contributed by atoms with Gasteiger partial charge in [0, 0.05) is 13.6 Å². The van der Waals surface area contributed by atoms with E-state index in [4.69, 9.17) is 17.3 Å². The fraction of sp³-hybridized carbons (Fsp3) is 0.154. The van der Waals surface area contributed by atoms with Crippen molar-refractivity contribution in [1.29, 1.82) is 0 Å². The van der Waals surface area contributed by atoms with Crippen molar-refractivity contribution in [2.45, 2.75) is 6.54 Å². The van der Waals surface area contributed by atoms with Crippen LogP contribution in [0.4, 0.5) is 15.9 Å². The Morgan fingerprint density at radius 1 is 1.22 bits per heavy atom. The third kappa shape index (κ3) is 2.90. The summed E-state index contributed by atoms with van der Waals surface area (Å²) in [5.41, 5.74) is 7.38. The van der Waals surface area contributed by atoms with Crippen LogP contribution >= 0.6 is 11.6 Å². The van der Waals surface area contributed by atoms with Crippen molar-refractivity contribution in [3.63, 3.8) is 0 Å². The normalized spacial score (nSPS) is 10.4. The van der Waals surface area contributed by atoms with Crippen LogP contribution in [0, 0.1) is 5.82 Å². The van der Waals surface area contributed by atoms with Crippen molar-refractivity contribution in [2.24, 2.45) is 0 Å². The fourth-order valence-corrected chi connectivity index (χ4v) is 1.82. The SMILES string of the molecule is CN(Cc1ccc(F)cc1)c1nc(Cl)ccc1N. The number of benzene rings is 1. The van der Waals surface area contributed by atoms with Gasteiger partial charge in [0.15, 0.2) is 5.82 Å². The third-order valence-electron chi connectivity index (χ3n) is 2.57. The highest BCUT2D eigenvalue weighted by molar-refractivity contribution is 6.29. The Hall–Kier alpha value is -1.81. The van der Waals surface area contributed by atoms with Gasteiger partial charge >= 0.3 is 0 Å². The molecule has 2 rings (SSSR count). The molecule has 0 bridgehead atoms. The molecule has 94 valence electrons. The van der Waals surface area contributed by atoms with Crippen LogP contribution in [0.5, 0.6) is 0 Å². The van der Waals surface area contributed by atoms with Crippen molar-refractivity contribution in [1.82, 2.24) is 4.98 Å². The molecule has 0 amide bonds. The molecule has 5 heteroatoms. The Labute approximate surface area is 110 Å². The van der Waals surface area contributed by atoms with Crippen molar-refractivity contribution in [3.05, 3.63) is 52.9 Å². The number of anilines is 2. The van der Waals surface area contributed by atoms with E-state index in [-0.39, 0.29) is 5.82 Å². The molecule has 0 saturated heterocycles. The summed E-state index contributed by atoms with van der Waals surface area (Å²) in [6.07, 6.45) is 0. The fourth-order valence-electron chi connectivity index (χ4n) is 1.68. The van der Waals surface area contributed by atoms with Gasteiger partial charge in [-0.05, 0) is 29.8 Å². The lowest BCUT2D eigenvalue weighted by Crippen LogP contribution is -2.19. The number of nitrogens with zero attached hydrogens (tertiary/aromatic N) is 2. The van der Waals surface area contributed by atoms with Crippen LogP contribution in [0.1, 0.15) is 5.56 Å². The molecule has 0 radical (unpaired) electrons. The zero-order chi connectivity index (χ0) is 13.1. The van der Waals surface area contributed by atoms with Crippen LogP contribution in [-0.4, -0.2) is 12.0 Å². The van der Waals surface area contributed by atoms with Crippen LogP contribution in [-0.2, 0) is 6.54 Å². The Morgan fingerprint density at radius 3 is 2.56 bits per heavy atom. The number of pyridine rings is 1. The minimum absolute atomic E-state index is 0.248. The maximum absolute atomic E-state index is 12.8. The van der Waals surface area contributed by atoms with E-state index in [0.717, 1.165) is 5.56 Å². The first kappa shape index (κ1) is 12.6. The Balaban J connectivity index is 2.18. The van der Waals surface area contributed by atoms with E-state index in [0.29, 0.717) is 23.2 Å². The lowest BCUT2D eigenvalue weighted by molar-refractivity contribution is 0.627. The zero-order valence-corrected chi connectivity index (χ0v) is 10.7. The minimum atomic E-state index is -0.248. The molecule has 0 aliphatic carbocycles. The van der Waals surface area contributed by atoms with E-state index in [1.165, 1.54) is 12.1 Å². The van der Waals surface area contributed by atoms with Crippen LogP contribution in [0.2, 0.25) is 5.15 Å². The summed E-state index contributed by atoms with van der Waals surface area (Å²) in [5, 5.41) is 0.394. The molecule has 2 aromatic rings. The second kappa shape index (κ2) is 5.23. The molecular weight excluding hydrogens is 253 g/mol. The van der Waals surface area contributed by atoms with Gasteiger partial charge in [0.25, 0.3) is 0 Å². The maximum atomic E-state index is 12.8. The molecule has 1 heterocycles. The molecule has 0 saturated carbocycles. The molecule has 0 fully saturated rings. The van der Waals surface area contributed by atoms with Crippen molar-refractivity contribution in [2.75, 3.05) is 17.7 Å². The number of halogens is 2. The average Bonchev–Trinajstić information content (AvgIpc) is 2.35. The second-order valence-corrected chi connectivity index (χ2v) is 4.42. The highest BCUT2D eigenvalue weighted by Gasteiger charge is 2.08. The highest BCUT2D eigenvalue weighted by atomic mass is 35.5. The smallest absolute Gasteiger partial charge is 0.153 e. The number of hydrogen-bond acceptors (Lipinski definition) is 3. The number of aromatic nitrogens is 1. The van der Waals surface area contributed by atoms with Crippen LogP contribution < -0.4 is 10.6 Å². The molecule has 3 nitrogen and oxygen atoms in total. The summed E-state index contributed by atoms with van der Waals surface area (Å²) < 4.78 is 12.8. The van der Waals surface area contributed by atoms with E-state index in [2.05, 4.69) is 4.98 Å². The predicted octanol–water partition coefficient (Wildman–Crippen LogP) is 3.09. The number of rotatable bonds is 3. The van der Waals surface area contributed by atoms with E-state index in [1.54, 1.807) is 24.3 Å². The second-order valence-electron chi connectivity index (χ2n) is 4.03. The molecule has 1 aromatic carbocycles. The molecule has 0 atom stereocenters. The van der Waals surface area contributed by atoms with Gasteiger partial charge in [0.1, 0.15) is 11.0 Å². The van der Waals surface area contributed by atoms with Gasteiger partial charge in [-0.25, -0.2) is 9.37 Å². The lowest BCUT2D eigenvalue weighted by Gasteiger charge is -2.20. The van der Waals surface area contributed by atoms with E-state index in [9.17, 15) is 4.39 Å². The maximum Gasteiger partial charge on any atom is 0.153 e. The molecule has 2 N–H and O–H groups in total. The summed E-state index contributed by atoms with van der Waals surface area (Å²) in [7, 11) is 1.86. The standard InChI is InChI=1S/C13H13ClFN3/c1-18(8-9-2-4-10(15)5-3-9)13-11(16)6-7-12(14)17-13/h2-7H,8,16H2,1H3. The van der Waals surface area contributed by atoms with Gasteiger partial charge in [-0.1, -0.05) is 23.7 Å². The summed E-state index contributed by atoms with van der Waals surface area (Å²) in [6, 6.07) is 9.67. The van der Waals surface area contributed by atoms with Gasteiger partial charge in [0.2, 0.25) is 0 Å². The Bertz CT molecular complexity index is 542. The largest absolute Gasteiger partial charge is 0.396 e. The molecule has 0 unspecified atom stereocenters. The molecular formula is C13H13ClFN3. The monoisotopic (exact) mass is 265 g/mol. The first-order chi connectivity index (χ1) is 8.56. The first-order valence-corrected chi connectivity index (χ1v) is 5.81. The number of hydrogen-bond donors (Lipinski definition) is 1. The zero-order valence-electron chi connectivity index (χ0n) is 9.90. The first-order valence-electron chi connectivity index (χ1n) is 5.44. The van der Waals surface area contributed by atoms with Crippen molar-refractivity contribution in [3.8, 4) is 0 Å². The lowest BCUT2D eigenvalue weighted by atomic mass is 10.2. The van der Waals surface area contributed by atoms with Gasteiger partial charge in [0.05, 0.1) is 5.69 Å². The van der Waals surface area contributed by atoms with Crippen molar-refractivity contribution >= 4 is 23.1 Å². The van der Waals surface area contributed by atoms with Crippen molar-refractivity contribution < 1.29 is 4.39 Å². The third-order valence-corrected chi connectivity index (χ3v) is 2.78. The quantitative estimate of drug-likeness (QED) is 0.867. The van der Waals surface area contributed by atoms with Gasteiger partial charge in [-0.3, -0.25) is 0 Å². The predicted molar refractivity (Wildman–Crippen MR) is 72.2 cm³/mol. The van der Waals surface area contributed by atoms with Gasteiger partial charge in [-0.15, -0.1) is 0 Å². The van der Waals surface area contributed by atoms with Crippen LogP contribution in [0.15, 0.2) is 36.4 Å². The van der Waals surface area contributed by atoms with Crippen LogP contribution in [0.25, 0.3) is 0 Å². The van der Waals surface area contributed by atoms with Gasteiger partial charge < -0.3 is 10.6 Å². The topological polar surface area (TPSA) is 42.2 Å². The van der Waals surface area contributed by atoms with E-state index >= 15 is 0 Å². The molecule has 1 aromatic heterocycles. The van der Waals surface area contributed by atoms with Gasteiger partial charge in [-0.2, -0.15) is 0 Å². The Kier molecular flexibility index (Phi) is 3.67. The molecule has 0 aliphatic heterocycles. The van der Waals surface area contributed by atoms with E-state index in [1.807, 2.05) is 11.9 Å².